The van der Waals surface area contributed by atoms with Crippen molar-refractivity contribution in [1.82, 2.24) is 10.3 Å². The zero-order valence-electron chi connectivity index (χ0n) is 10.7. The van der Waals surface area contributed by atoms with Crippen molar-refractivity contribution in [3.05, 3.63) is 65.0 Å². The molecule has 2 heterocycles. The van der Waals surface area contributed by atoms with Gasteiger partial charge >= 0.3 is 0 Å². The van der Waals surface area contributed by atoms with Crippen LogP contribution in [0.1, 0.15) is 35.2 Å². The maximum atomic E-state index is 4.10. The Morgan fingerprint density at radius 3 is 2.83 bits per heavy atom. The predicted molar refractivity (Wildman–Crippen MR) is 73.6 cm³/mol. The molecule has 3 rings (SSSR count). The standard InChI is InChI=1S/C16H18N2/c1-2-12-3-4-13-7-10-18-16(15(13)11-12)14-5-8-17-9-6-14/h3-6,8-9,11,16,18H,2,7,10H2,1H3. The first-order valence-electron chi connectivity index (χ1n) is 6.63. The summed E-state index contributed by atoms with van der Waals surface area (Å²) in [7, 11) is 0. The van der Waals surface area contributed by atoms with Crippen LogP contribution in [0.15, 0.2) is 42.7 Å². The molecule has 2 nitrogen and oxygen atoms in total. The Morgan fingerprint density at radius 2 is 2.06 bits per heavy atom. The number of aromatic nitrogens is 1. The van der Waals surface area contributed by atoms with Gasteiger partial charge in [-0.2, -0.15) is 0 Å². The van der Waals surface area contributed by atoms with Crippen LogP contribution in [0.2, 0.25) is 0 Å². The molecule has 0 saturated carbocycles. The van der Waals surface area contributed by atoms with E-state index in [0.717, 1.165) is 19.4 Å². The summed E-state index contributed by atoms with van der Waals surface area (Å²) in [4.78, 5) is 4.10. The number of rotatable bonds is 2. The molecule has 92 valence electrons. The van der Waals surface area contributed by atoms with E-state index in [2.05, 4.69) is 47.6 Å². The summed E-state index contributed by atoms with van der Waals surface area (Å²) in [5, 5.41) is 3.62. The van der Waals surface area contributed by atoms with Gasteiger partial charge in [0.1, 0.15) is 0 Å². The highest BCUT2D eigenvalue weighted by molar-refractivity contribution is 5.41. The van der Waals surface area contributed by atoms with Crippen molar-refractivity contribution in [2.24, 2.45) is 0 Å². The molecular weight excluding hydrogens is 220 g/mol. The van der Waals surface area contributed by atoms with E-state index in [9.17, 15) is 0 Å². The van der Waals surface area contributed by atoms with Crippen molar-refractivity contribution >= 4 is 0 Å². The van der Waals surface area contributed by atoms with Gasteiger partial charge in [-0.05, 0) is 47.2 Å². The molecule has 1 atom stereocenters. The van der Waals surface area contributed by atoms with Gasteiger partial charge in [-0.25, -0.2) is 0 Å². The number of benzene rings is 1. The number of aryl methyl sites for hydroxylation is 1. The molecule has 0 bridgehead atoms. The number of pyridine rings is 1. The lowest BCUT2D eigenvalue weighted by Gasteiger charge is -2.28. The summed E-state index contributed by atoms with van der Waals surface area (Å²) in [5.41, 5.74) is 5.63. The van der Waals surface area contributed by atoms with Crippen molar-refractivity contribution in [3.8, 4) is 0 Å². The van der Waals surface area contributed by atoms with Gasteiger partial charge in [0.05, 0.1) is 6.04 Å². The lowest BCUT2D eigenvalue weighted by molar-refractivity contribution is 0.566. The van der Waals surface area contributed by atoms with E-state index in [0.29, 0.717) is 6.04 Å². The second kappa shape index (κ2) is 4.91. The second-order valence-corrected chi connectivity index (χ2v) is 4.80. The molecule has 0 saturated heterocycles. The first kappa shape index (κ1) is 11.4. The second-order valence-electron chi connectivity index (χ2n) is 4.80. The molecule has 0 aliphatic carbocycles. The van der Waals surface area contributed by atoms with E-state index in [4.69, 9.17) is 0 Å². The molecule has 18 heavy (non-hydrogen) atoms. The summed E-state index contributed by atoms with van der Waals surface area (Å²) in [6.45, 7) is 3.25. The predicted octanol–water partition coefficient (Wildman–Crippen LogP) is 2.88. The molecule has 1 aliphatic heterocycles. The molecule has 0 fully saturated rings. The Balaban J connectivity index is 2.05. The van der Waals surface area contributed by atoms with Gasteiger partial charge in [0, 0.05) is 18.9 Å². The van der Waals surface area contributed by atoms with E-state index < -0.39 is 0 Å². The van der Waals surface area contributed by atoms with Crippen LogP contribution in [0.25, 0.3) is 0 Å². The fraction of sp³-hybridized carbons (Fsp3) is 0.312. The summed E-state index contributed by atoms with van der Waals surface area (Å²) < 4.78 is 0. The quantitative estimate of drug-likeness (QED) is 0.870. The van der Waals surface area contributed by atoms with Gasteiger partial charge in [0.25, 0.3) is 0 Å². The molecule has 0 amide bonds. The highest BCUT2D eigenvalue weighted by atomic mass is 14.9. The van der Waals surface area contributed by atoms with Crippen LogP contribution in [0.5, 0.6) is 0 Å². The number of hydrogen-bond donors (Lipinski definition) is 1. The molecule has 1 aromatic heterocycles. The van der Waals surface area contributed by atoms with Crippen LogP contribution in [0, 0.1) is 0 Å². The number of nitrogens with one attached hydrogen (secondary N) is 1. The average molecular weight is 238 g/mol. The van der Waals surface area contributed by atoms with E-state index in [1.54, 1.807) is 0 Å². The van der Waals surface area contributed by atoms with Crippen molar-refractivity contribution in [1.29, 1.82) is 0 Å². The van der Waals surface area contributed by atoms with E-state index in [-0.39, 0.29) is 0 Å². The first-order chi connectivity index (χ1) is 8.88. The minimum Gasteiger partial charge on any atom is -0.306 e. The van der Waals surface area contributed by atoms with Gasteiger partial charge in [0.15, 0.2) is 0 Å². The number of hydrogen-bond acceptors (Lipinski definition) is 2. The molecule has 1 N–H and O–H groups in total. The van der Waals surface area contributed by atoms with Crippen LogP contribution in [-0.4, -0.2) is 11.5 Å². The third-order valence-corrected chi connectivity index (χ3v) is 3.71. The lowest BCUT2D eigenvalue weighted by Crippen LogP contribution is -2.30. The molecule has 1 aliphatic rings. The monoisotopic (exact) mass is 238 g/mol. The average Bonchev–Trinajstić information content (AvgIpc) is 2.47. The zero-order chi connectivity index (χ0) is 12.4. The minimum atomic E-state index is 0.322. The molecule has 2 aromatic rings. The zero-order valence-corrected chi connectivity index (χ0v) is 10.7. The summed E-state index contributed by atoms with van der Waals surface area (Å²) in [6.07, 6.45) is 5.96. The Bertz CT molecular complexity index is 534. The van der Waals surface area contributed by atoms with Gasteiger partial charge in [-0.3, -0.25) is 4.98 Å². The highest BCUT2D eigenvalue weighted by Gasteiger charge is 2.21. The molecule has 2 heteroatoms. The Hall–Kier alpha value is -1.67. The fourth-order valence-corrected chi connectivity index (χ4v) is 2.68. The summed E-state index contributed by atoms with van der Waals surface area (Å²) in [5.74, 6) is 0. The molecule has 0 spiro atoms. The van der Waals surface area contributed by atoms with Gasteiger partial charge in [-0.1, -0.05) is 25.1 Å². The van der Waals surface area contributed by atoms with Gasteiger partial charge in [0.2, 0.25) is 0 Å². The van der Waals surface area contributed by atoms with Crippen LogP contribution in [0.3, 0.4) is 0 Å². The SMILES string of the molecule is CCc1ccc2c(c1)C(c1ccncc1)NCC2. The summed E-state index contributed by atoms with van der Waals surface area (Å²) in [6, 6.07) is 11.4. The Kier molecular flexibility index (Phi) is 3.11. The molecule has 0 radical (unpaired) electrons. The third-order valence-electron chi connectivity index (χ3n) is 3.71. The van der Waals surface area contributed by atoms with E-state index in [1.807, 2.05) is 12.4 Å². The Labute approximate surface area is 108 Å². The van der Waals surface area contributed by atoms with E-state index >= 15 is 0 Å². The molecule has 1 aromatic carbocycles. The highest BCUT2D eigenvalue weighted by Crippen LogP contribution is 2.29. The maximum Gasteiger partial charge on any atom is 0.0580 e. The van der Waals surface area contributed by atoms with E-state index in [1.165, 1.54) is 22.3 Å². The van der Waals surface area contributed by atoms with Gasteiger partial charge < -0.3 is 5.32 Å². The van der Waals surface area contributed by atoms with Crippen LogP contribution >= 0.6 is 0 Å². The topological polar surface area (TPSA) is 24.9 Å². The number of nitrogens with zero attached hydrogens (tertiary/aromatic N) is 1. The summed E-state index contributed by atoms with van der Waals surface area (Å²) >= 11 is 0. The largest absolute Gasteiger partial charge is 0.306 e. The molecular formula is C16H18N2. The smallest absolute Gasteiger partial charge is 0.0580 e. The third kappa shape index (κ3) is 2.04. The molecule has 1 unspecified atom stereocenters. The maximum absolute atomic E-state index is 4.10. The van der Waals surface area contributed by atoms with Crippen molar-refractivity contribution in [2.75, 3.05) is 6.54 Å². The first-order valence-corrected chi connectivity index (χ1v) is 6.63. The van der Waals surface area contributed by atoms with Crippen molar-refractivity contribution < 1.29 is 0 Å². The van der Waals surface area contributed by atoms with Gasteiger partial charge in [-0.15, -0.1) is 0 Å². The van der Waals surface area contributed by atoms with Crippen LogP contribution in [0.4, 0.5) is 0 Å². The number of fused-ring (bicyclic) bond motifs is 1. The fourth-order valence-electron chi connectivity index (χ4n) is 2.68. The van der Waals surface area contributed by atoms with Crippen molar-refractivity contribution in [2.45, 2.75) is 25.8 Å². The van der Waals surface area contributed by atoms with Crippen LogP contribution < -0.4 is 5.32 Å². The van der Waals surface area contributed by atoms with Crippen molar-refractivity contribution in [3.63, 3.8) is 0 Å². The minimum absolute atomic E-state index is 0.322. The normalized spacial score (nSPS) is 18.4. The Morgan fingerprint density at radius 1 is 1.22 bits per heavy atom. The lowest BCUT2D eigenvalue weighted by atomic mass is 9.88. The van der Waals surface area contributed by atoms with Crippen LogP contribution in [-0.2, 0) is 12.8 Å².